The van der Waals surface area contributed by atoms with Crippen molar-refractivity contribution < 1.29 is 9.66 Å². The van der Waals surface area contributed by atoms with E-state index in [1.165, 1.54) is 6.20 Å². The fraction of sp³-hybridized carbons (Fsp3) is 0.500. The number of hydrogen-bond donors (Lipinski definition) is 1. The summed E-state index contributed by atoms with van der Waals surface area (Å²) in [4.78, 5) is 14.1. The van der Waals surface area contributed by atoms with E-state index in [1.807, 2.05) is 6.92 Å². The van der Waals surface area contributed by atoms with Gasteiger partial charge in [-0.05, 0) is 29.4 Å². The Morgan fingerprint density at radius 2 is 2.35 bits per heavy atom. The zero-order valence-electron chi connectivity index (χ0n) is 9.70. The summed E-state index contributed by atoms with van der Waals surface area (Å²) < 4.78 is 5.94. The summed E-state index contributed by atoms with van der Waals surface area (Å²) in [6, 6.07) is 0. The lowest BCUT2D eigenvalue weighted by Gasteiger charge is -2.08. The van der Waals surface area contributed by atoms with Gasteiger partial charge in [0.2, 0.25) is 5.88 Å². The number of aromatic nitrogens is 1. The Bertz CT molecular complexity index is 412. The predicted molar refractivity (Wildman–Crippen MR) is 67.4 cm³/mol. The quantitative estimate of drug-likeness (QED) is 0.494. The third-order valence-electron chi connectivity index (χ3n) is 2.17. The highest BCUT2D eigenvalue weighted by molar-refractivity contribution is 9.10. The molecule has 6 nitrogen and oxygen atoms in total. The van der Waals surface area contributed by atoms with Crippen LogP contribution in [0, 0.1) is 17.0 Å². The summed E-state index contributed by atoms with van der Waals surface area (Å²) in [5.41, 5.74) is 0.499. The van der Waals surface area contributed by atoms with Crippen molar-refractivity contribution in [1.29, 1.82) is 0 Å². The van der Waals surface area contributed by atoms with Crippen molar-refractivity contribution >= 4 is 21.6 Å². The Balaban J connectivity index is 2.75. The van der Waals surface area contributed by atoms with E-state index in [4.69, 9.17) is 4.74 Å². The topological polar surface area (TPSA) is 77.3 Å². The first kappa shape index (κ1) is 13.9. The first-order valence-electron chi connectivity index (χ1n) is 5.21. The van der Waals surface area contributed by atoms with Crippen LogP contribution in [0.1, 0.15) is 12.5 Å². The van der Waals surface area contributed by atoms with Crippen molar-refractivity contribution in [2.24, 2.45) is 0 Å². The number of nitrogens with zero attached hydrogens (tertiary/aromatic N) is 2. The monoisotopic (exact) mass is 303 g/mol. The van der Waals surface area contributed by atoms with Crippen LogP contribution in [0.2, 0.25) is 0 Å². The van der Waals surface area contributed by atoms with E-state index in [1.54, 1.807) is 6.92 Å². The predicted octanol–water partition coefficient (Wildman–Crippen LogP) is 2.05. The highest BCUT2D eigenvalue weighted by atomic mass is 79.9. The number of likely N-dealkylation sites (N-methyl/N-ethyl adjacent to an activating group) is 1. The molecular weight excluding hydrogens is 290 g/mol. The van der Waals surface area contributed by atoms with Gasteiger partial charge in [0.25, 0.3) is 5.69 Å². The molecule has 0 aliphatic rings. The van der Waals surface area contributed by atoms with E-state index in [-0.39, 0.29) is 5.69 Å². The summed E-state index contributed by atoms with van der Waals surface area (Å²) >= 11 is 3.26. The van der Waals surface area contributed by atoms with Gasteiger partial charge in [0, 0.05) is 12.1 Å². The van der Waals surface area contributed by atoms with Crippen LogP contribution in [0.25, 0.3) is 0 Å². The van der Waals surface area contributed by atoms with Gasteiger partial charge in [0.15, 0.2) is 0 Å². The molecule has 17 heavy (non-hydrogen) atoms. The summed E-state index contributed by atoms with van der Waals surface area (Å²) in [6.45, 7) is 5.71. The average Bonchev–Trinajstić information content (AvgIpc) is 2.29. The number of nitro groups is 1. The van der Waals surface area contributed by atoms with Crippen LogP contribution in [0.3, 0.4) is 0 Å². The molecule has 0 aliphatic carbocycles. The summed E-state index contributed by atoms with van der Waals surface area (Å²) in [5.74, 6) is 0.381. The molecule has 1 aromatic heterocycles. The van der Waals surface area contributed by atoms with Gasteiger partial charge in [-0.3, -0.25) is 10.1 Å². The SMILES string of the molecule is CCNCCOc1ncc([N+](=O)[O-])c(C)c1Br. The van der Waals surface area contributed by atoms with Crippen LogP contribution in [-0.2, 0) is 0 Å². The van der Waals surface area contributed by atoms with Crippen molar-refractivity contribution in [3.05, 3.63) is 26.3 Å². The molecule has 1 aromatic rings. The Kier molecular flexibility index (Phi) is 5.30. The first-order chi connectivity index (χ1) is 8.07. The standard InChI is InChI=1S/C10H14BrN3O3/c1-3-12-4-5-17-10-9(11)7(2)8(6-13-10)14(15)16/h6,12H,3-5H2,1-2H3. The zero-order valence-corrected chi connectivity index (χ0v) is 11.3. The largest absolute Gasteiger partial charge is 0.475 e. The van der Waals surface area contributed by atoms with Crippen LogP contribution >= 0.6 is 15.9 Å². The molecule has 0 fully saturated rings. The van der Waals surface area contributed by atoms with Crippen LogP contribution in [0.5, 0.6) is 5.88 Å². The lowest BCUT2D eigenvalue weighted by atomic mass is 10.2. The molecule has 0 bridgehead atoms. The Hall–Kier alpha value is -1.21. The number of rotatable bonds is 6. The molecule has 0 radical (unpaired) electrons. The molecule has 0 aromatic carbocycles. The smallest absolute Gasteiger partial charge is 0.291 e. The maximum Gasteiger partial charge on any atom is 0.291 e. The minimum Gasteiger partial charge on any atom is -0.475 e. The lowest BCUT2D eigenvalue weighted by molar-refractivity contribution is -0.385. The molecule has 0 spiro atoms. The minimum absolute atomic E-state index is 0.0177. The minimum atomic E-state index is -0.463. The van der Waals surface area contributed by atoms with Gasteiger partial charge in [-0.1, -0.05) is 6.92 Å². The molecule has 1 rings (SSSR count). The zero-order chi connectivity index (χ0) is 12.8. The van der Waals surface area contributed by atoms with Gasteiger partial charge >= 0.3 is 0 Å². The molecule has 0 unspecified atom stereocenters. The van der Waals surface area contributed by atoms with E-state index >= 15 is 0 Å². The summed E-state index contributed by atoms with van der Waals surface area (Å²) in [7, 11) is 0. The van der Waals surface area contributed by atoms with E-state index in [9.17, 15) is 10.1 Å². The molecule has 0 atom stereocenters. The van der Waals surface area contributed by atoms with Crippen LogP contribution < -0.4 is 10.1 Å². The van der Waals surface area contributed by atoms with Crippen molar-refractivity contribution in [3.63, 3.8) is 0 Å². The van der Waals surface area contributed by atoms with E-state index < -0.39 is 4.92 Å². The maximum atomic E-state index is 10.7. The van der Waals surface area contributed by atoms with Crippen molar-refractivity contribution in [2.75, 3.05) is 19.7 Å². The van der Waals surface area contributed by atoms with Crippen molar-refractivity contribution in [3.8, 4) is 5.88 Å². The lowest BCUT2D eigenvalue weighted by Crippen LogP contribution is -2.20. The second kappa shape index (κ2) is 6.51. The molecule has 0 saturated carbocycles. The van der Waals surface area contributed by atoms with Crippen LogP contribution in [0.4, 0.5) is 5.69 Å². The highest BCUT2D eigenvalue weighted by Gasteiger charge is 2.17. The van der Waals surface area contributed by atoms with E-state index in [0.29, 0.717) is 29.1 Å². The fourth-order valence-corrected chi connectivity index (χ4v) is 1.65. The molecular formula is C10H14BrN3O3. The molecule has 1 N–H and O–H groups in total. The third kappa shape index (κ3) is 3.64. The van der Waals surface area contributed by atoms with Crippen molar-refractivity contribution in [2.45, 2.75) is 13.8 Å². The molecule has 94 valence electrons. The number of halogens is 1. The van der Waals surface area contributed by atoms with Gasteiger partial charge in [0.05, 0.1) is 9.40 Å². The highest BCUT2D eigenvalue weighted by Crippen LogP contribution is 2.31. The molecule has 0 saturated heterocycles. The number of hydrogen-bond acceptors (Lipinski definition) is 5. The third-order valence-corrected chi connectivity index (χ3v) is 3.10. The number of ether oxygens (including phenoxy) is 1. The molecule has 7 heteroatoms. The normalized spacial score (nSPS) is 10.3. The number of nitrogens with one attached hydrogen (secondary N) is 1. The second-order valence-corrected chi connectivity index (χ2v) is 4.14. The Labute approximate surface area is 108 Å². The number of pyridine rings is 1. The second-order valence-electron chi connectivity index (χ2n) is 3.35. The molecule has 0 aliphatic heterocycles. The van der Waals surface area contributed by atoms with Gasteiger partial charge < -0.3 is 10.1 Å². The van der Waals surface area contributed by atoms with Gasteiger partial charge in [-0.2, -0.15) is 0 Å². The maximum absolute atomic E-state index is 10.7. The van der Waals surface area contributed by atoms with Gasteiger partial charge in [0.1, 0.15) is 12.8 Å². The average molecular weight is 304 g/mol. The van der Waals surface area contributed by atoms with Gasteiger partial charge in [-0.15, -0.1) is 0 Å². The van der Waals surface area contributed by atoms with E-state index in [0.717, 1.165) is 6.54 Å². The van der Waals surface area contributed by atoms with Gasteiger partial charge in [-0.25, -0.2) is 4.98 Å². The molecule has 0 amide bonds. The Morgan fingerprint density at radius 3 is 2.94 bits per heavy atom. The van der Waals surface area contributed by atoms with Crippen molar-refractivity contribution in [1.82, 2.24) is 10.3 Å². The molecule has 1 heterocycles. The fourth-order valence-electron chi connectivity index (χ4n) is 1.23. The van der Waals surface area contributed by atoms with Crippen LogP contribution in [0.15, 0.2) is 10.7 Å². The van der Waals surface area contributed by atoms with E-state index in [2.05, 4.69) is 26.2 Å². The van der Waals surface area contributed by atoms with Crippen LogP contribution in [-0.4, -0.2) is 29.6 Å². The first-order valence-corrected chi connectivity index (χ1v) is 6.00. The summed E-state index contributed by atoms with van der Waals surface area (Å²) in [5, 5.41) is 13.8. The summed E-state index contributed by atoms with van der Waals surface area (Å²) in [6.07, 6.45) is 1.21. The Morgan fingerprint density at radius 1 is 1.65 bits per heavy atom.